The van der Waals surface area contributed by atoms with Crippen LogP contribution in [0.3, 0.4) is 0 Å². The molecule has 0 spiro atoms. The second-order valence-corrected chi connectivity index (χ2v) is 7.90. The summed E-state index contributed by atoms with van der Waals surface area (Å²) in [6, 6.07) is 10.5. The fraction of sp³-hybridized carbons (Fsp3) is 0.143. The topological polar surface area (TPSA) is 72.2 Å². The zero-order valence-corrected chi connectivity index (χ0v) is 14.8. The summed E-state index contributed by atoms with van der Waals surface area (Å²) in [7, 11) is -3.68. The number of hydrogen-bond acceptors (Lipinski definition) is 4. The molecule has 7 heteroatoms. The van der Waals surface area contributed by atoms with E-state index in [0.717, 1.165) is 4.90 Å². The second kappa shape index (κ2) is 6.29. The summed E-state index contributed by atoms with van der Waals surface area (Å²) in [6.45, 7) is 1.69. The lowest BCUT2D eigenvalue weighted by Gasteiger charge is -2.13. The number of sulfonamides is 1. The van der Waals surface area contributed by atoms with E-state index in [-0.39, 0.29) is 4.90 Å². The fourth-order valence-corrected chi connectivity index (χ4v) is 4.29. The predicted octanol–water partition coefficient (Wildman–Crippen LogP) is 3.86. The molecule has 0 aliphatic carbocycles. The zero-order valence-electron chi connectivity index (χ0n) is 11.6. The molecule has 2 aromatic carbocycles. The van der Waals surface area contributed by atoms with Gasteiger partial charge in [0, 0.05) is 20.7 Å². The van der Waals surface area contributed by atoms with E-state index >= 15 is 0 Å². The smallest absolute Gasteiger partial charge is 0.262 e. The van der Waals surface area contributed by atoms with Gasteiger partial charge in [0.05, 0.1) is 4.90 Å². The molecule has 0 aromatic heterocycles. The molecule has 0 saturated heterocycles. The largest absolute Gasteiger partial charge is 0.398 e. The molecular formula is C14H15BrN2O2S2. The number of nitrogens with one attached hydrogen (secondary N) is 1. The lowest BCUT2D eigenvalue weighted by atomic mass is 10.2. The Balaban J connectivity index is 2.43. The van der Waals surface area contributed by atoms with Gasteiger partial charge in [0.15, 0.2) is 0 Å². The molecular weight excluding hydrogens is 372 g/mol. The zero-order chi connectivity index (χ0) is 15.6. The fourth-order valence-electron chi connectivity index (χ4n) is 1.85. The Kier molecular flexibility index (Phi) is 4.85. The number of nitrogen functional groups attached to an aromatic ring is 1. The summed E-state index contributed by atoms with van der Waals surface area (Å²) in [5.74, 6) is 0. The van der Waals surface area contributed by atoms with Gasteiger partial charge in [0.1, 0.15) is 0 Å². The van der Waals surface area contributed by atoms with Gasteiger partial charge < -0.3 is 5.73 Å². The summed E-state index contributed by atoms with van der Waals surface area (Å²) >= 11 is 4.82. The first-order chi connectivity index (χ1) is 9.83. The molecule has 0 aliphatic heterocycles. The number of hydrogen-bond donors (Lipinski definition) is 2. The number of thioether (sulfide) groups is 1. The molecule has 0 fully saturated rings. The maximum Gasteiger partial charge on any atom is 0.262 e. The van der Waals surface area contributed by atoms with Gasteiger partial charge in [0.25, 0.3) is 10.0 Å². The van der Waals surface area contributed by atoms with Crippen molar-refractivity contribution in [1.82, 2.24) is 0 Å². The maximum absolute atomic E-state index is 12.5. The summed E-state index contributed by atoms with van der Waals surface area (Å²) in [4.78, 5) is 1.16. The minimum atomic E-state index is -3.68. The average molecular weight is 387 g/mol. The number of nitrogens with two attached hydrogens (primary N) is 1. The molecule has 21 heavy (non-hydrogen) atoms. The van der Waals surface area contributed by atoms with E-state index in [2.05, 4.69) is 20.7 Å². The van der Waals surface area contributed by atoms with Crippen molar-refractivity contribution in [2.24, 2.45) is 0 Å². The van der Waals surface area contributed by atoms with E-state index in [9.17, 15) is 8.42 Å². The highest BCUT2D eigenvalue weighted by Crippen LogP contribution is 2.28. The van der Waals surface area contributed by atoms with Crippen molar-refractivity contribution in [3.05, 3.63) is 46.4 Å². The van der Waals surface area contributed by atoms with Crippen molar-refractivity contribution < 1.29 is 8.42 Å². The van der Waals surface area contributed by atoms with Gasteiger partial charge in [-0.05, 0) is 49.1 Å². The van der Waals surface area contributed by atoms with E-state index in [4.69, 9.17) is 5.73 Å². The quantitative estimate of drug-likeness (QED) is 0.617. The van der Waals surface area contributed by atoms with Crippen molar-refractivity contribution in [2.75, 3.05) is 16.7 Å². The third-order valence-electron chi connectivity index (χ3n) is 2.98. The van der Waals surface area contributed by atoms with Gasteiger partial charge in [-0.15, -0.1) is 11.8 Å². The number of rotatable bonds is 4. The monoisotopic (exact) mass is 386 g/mol. The van der Waals surface area contributed by atoms with Gasteiger partial charge in [-0.3, -0.25) is 4.72 Å². The minimum absolute atomic E-state index is 0.170. The third-order valence-corrected chi connectivity index (χ3v) is 5.67. The minimum Gasteiger partial charge on any atom is -0.398 e. The Labute approximate surface area is 137 Å². The Morgan fingerprint density at radius 3 is 2.62 bits per heavy atom. The van der Waals surface area contributed by atoms with Crippen LogP contribution in [-0.4, -0.2) is 14.7 Å². The molecule has 0 unspecified atom stereocenters. The average Bonchev–Trinajstić information content (AvgIpc) is 2.42. The SMILES string of the molecule is CSc1cccc(NS(=O)(=O)c2cc(Br)cc(N)c2C)c1. The lowest BCUT2D eigenvalue weighted by molar-refractivity contribution is 0.600. The number of anilines is 2. The van der Waals surface area contributed by atoms with E-state index < -0.39 is 10.0 Å². The number of benzene rings is 2. The summed E-state index contributed by atoms with van der Waals surface area (Å²) in [6.07, 6.45) is 1.94. The van der Waals surface area contributed by atoms with Gasteiger partial charge in [-0.2, -0.15) is 0 Å². The molecule has 4 nitrogen and oxygen atoms in total. The molecule has 112 valence electrons. The van der Waals surface area contributed by atoms with Crippen molar-refractivity contribution in [2.45, 2.75) is 16.7 Å². The van der Waals surface area contributed by atoms with E-state index in [1.165, 1.54) is 0 Å². The number of halogens is 1. The van der Waals surface area contributed by atoms with Gasteiger partial charge in [0.2, 0.25) is 0 Å². The molecule has 3 N–H and O–H groups in total. The van der Waals surface area contributed by atoms with Crippen molar-refractivity contribution >= 4 is 49.1 Å². The van der Waals surface area contributed by atoms with Crippen molar-refractivity contribution in [1.29, 1.82) is 0 Å². The predicted molar refractivity (Wildman–Crippen MR) is 92.3 cm³/mol. The van der Waals surface area contributed by atoms with Crippen LogP contribution in [0, 0.1) is 6.92 Å². The molecule has 0 heterocycles. The van der Waals surface area contributed by atoms with E-state index in [1.54, 1.807) is 43.0 Å². The first-order valence-corrected chi connectivity index (χ1v) is 9.56. The molecule has 0 atom stereocenters. The molecule has 0 aliphatic rings. The summed E-state index contributed by atoms with van der Waals surface area (Å²) in [5.41, 5.74) is 7.33. The molecule has 2 aromatic rings. The van der Waals surface area contributed by atoms with Crippen LogP contribution in [0.25, 0.3) is 0 Å². The molecule has 2 rings (SSSR count). The first kappa shape index (κ1) is 16.2. The van der Waals surface area contributed by atoms with Crippen molar-refractivity contribution in [3.8, 4) is 0 Å². The van der Waals surface area contributed by atoms with Crippen LogP contribution < -0.4 is 10.5 Å². The highest BCUT2D eigenvalue weighted by atomic mass is 79.9. The second-order valence-electron chi connectivity index (χ2n) is 4.46. The molecule has 0 radical (unpaired) electrons. The first-order valence-electron chi connectivity index (χ1n) is 6.06. The van der Waals surface area contributed by atoms with Crippen LogP contribution >= 0.6 is 27.7 Å². The molecule has 0 amide bonds. The van der Waals surface area contributed by atoms with E-state index in [0.29, 0.717) is 21.4 Å². The summed E-state index contributed by atoms with van der Waals surface area (Å²) < 4.78 is 28.3. The van der Waals surface area contributed by atoms with Gasteiger partial charge in [-0.1, -0.05) is 22.0 Å². The van der Waals surface area contributed by atoms with Crippen LogP contribution in [0.1, 0.15) is 5.56 Å². The maximum atomic E-state index is 12.5. The van der Waals surface area contributed by atoms with Crippen LogP contribution in [0.4, 0.5) is 11.4 Å². The van der Waals surface area contributed by atoms with Crippen LogP contribution in [0.15, 0.2) is 50.7 Å². The Hall–Kier alpha value is -1.18. The highest BCUT2D eigenvalue weighted by molar-refractivity contribution is 9.10. The Morgan fingerprint density at radius 2 is 1.95 bits per heavy atom. The normalized spacial score (nSPS) is 11.4. The van der Waals surface area contributed by atoms with Crippen LogP contribution in [-0.2, 0) is 10.0 Å². The third kappa shape index (κ3) is 3.72. The van der Waals surface area contributed by atoms with Crippen LogP contribution in [0.2, 0.25) is 0 Å². The van der Waals surface area contributed by atoms with Crippen molar-refractivity contribution in [3.63, 3.8) is 0 Å². The lowest BCUT2D eigenvalue weighted by Crippen LogP contribution is -2.15. The highest BCUT2D eigenvalue weighted by Gasteiger charge is 2.19. The van der Waals surface area contributed by atoms with Gasteiger partial charge >= 0.3 is 0 Å². The van der Waals surface area contributed by atoms with Gasteiger partial charge in [-0.25, -0.2) is 8.42 Å². The Bertz CT molecular complexity index is 777. The Morgan fingerprint density at radius 1 is 1.24 bits per heavy atom. The standard InChI is InChI=1S/C14H15BrN2O2S2/c1-9-13(16)6-10(15)7-14(9)21(18,19)17-11-4-3-5-12(8-11)20-2/h3-8,17H,16H2,1-2H3. The molecule has 0 bridgehead atoms. The molecule has 0 saturated carbocycles. The van der Waals surface area contributed by atoms with Crippen LogP contribution in [0.5, 0.6) is 0 Å². The summed E-state index contributed by atoms with van der Waals surface area (Å²) in [5, 5.41) is 0. The van der Waals surface area contributed by atoms with E-state index in [1.807, 2.05) is 18.4 Å².